The Hall–Kier alpha value is -7.25. The number of fused-ring (bicyclic) bond motifs is 5. The van der Waals surface area contributed by atoms with Crippen LogP contribution in [-0.4, -0.2) is 233 Å². The van der Waals surface area contributed by atoms with E-state index in [9.17, 15) is 35.1 Å². The van der Waals surface area contributed by atoms with Gasteiger partial charge in [0.2, 0.25) is 5.91 Å². The monoisotopic (exact) mass is 1830 g/mol. The Morgan fingerprint density at radius 1 is 0.551 bits per heavy atom. The molecule has 0 spiro atoms. The summed E-state index contributed by atoms with van der Waals surface area (Å²) < 4.78 is 4.94. The first-order valence-corrected chi connectivity index (χ1v) is 43.8. The fourth-order valence-corrected chi connectivity index (χ4v) is 16.9. The Bertz CT molecular complexity index is 4110. The van der Waals surface area contributed by atoms with Crippen LogP contribution in [0, 0.1) is 35.8 Å². The molecule has 647 valence electrons. The molecule has 118 heavy (non-hydrogen) atoms. The van der Waals surface area contributed by atoms with Crippen LogP contribution in [0.3, 0.4) is 0 Å². The second-order valence-electron chi connectivity index (χ2n) is 28.8. The number of anilines is 6. The summed E-state index contributed by atoms with van der Waals surface area (Å²) in [7, 11) is 0. The summed E-state index contributed by atoms with van der Waals surface area (Å²) in [5.74, 6) is 1.28. The quantitative estimate of drug-likeness (QED) is 0.00651. The van der Waals surface area contributed by atoms with Crippen LogP contribution in [-0.2, 0) is 41.6 Å². The highest BCUT2D eigenvalue weighted by Gasteiger charge is 2.26. The van der Waals surface area contributed by atoms with Crippen molar-refractivity contribution >= 4 is 164 Å². The molecule has 12 heterocycles. The maximum Gasteiger partial charge on any atom is 0.269 e. The summed E-state index contributed by atoms with van der Waals surface area (Å²) in [4.78, 5) is 65.5. The normalized spacial score (nSPS) is 16.3. The van der Waals surface area contributed by atoms with E-state index in [0.29, 0.717) is 22.1 Å². The number of aryl methyl sites for hydroxylation is 1. The molecule has 9 N–H and O–H groups in total. The van der Waals surface area contributed by atoms with Crippen molar-refractivity contribution in [3.8, 4) is 0 Å². The van der Waals surface area contributed by atoms with Gasteiger partial charge in [0, 0.05) is 183 Å². The van der Waals surface area contributed by atoms with Crippen molar-refractivity contribution in [2.45, 2.75) is 124 Å². The largest absolute Gasteiger partial charge is 0.399 e. The lowest BCUT2D eigenvalue weighted by atomic mass is 10.0. The molecule has 7 aromatic rings. The van der Waals surface area contributed by atoms with Crippen molar-refractivity contribution in [3.63, 3.8) is 0 Å². The molecule has 5 fully saturated rings. The third kappa shape index (κ3) is 34.7. The number of nitro groups is 3. The van der Waals surface area contributed by atoms with Crippen LogP contribution in [0.4, 0.5) is 56.9 Å². The van der Waals surface area contributed by atoms with Gasteiger partial charge in [0.15, 0.2) is 0 Å². The number of ether oxygens (including phenoxy) is 1. The molecule has 0 unspecified atom stereocenters. The molecule has 2 aromatic heterocycles. The van der Waals surface area contributed by atoms with E-state index >= 15 is 0 Å². The number of nitrogens with one attached hydrogen (secondary N) is 3. The molecule has 10 aliphatic rings. The predicted molar refractivity (Wildman–Crippen MR) is 507 cm³/mol. The van der Waals surface area contributed by atoms with E-state index in [2.05, 4.69) is 80.3 Å². The van der Waals surface area contributed by atoms with E-state index in [4.69, 9.17) is 43.4 Å². The SMILES string of the molecule is C.C1CCOC1.CCO.CCO.CSC(=N)c1cccs1.Cl.ClCCN1CCCC1.I.NC(=Nc1ccc2c(c1)CCCN2CCN1CCCC1)c1cccs1.Nc1ccc2c(c1)CCN2CCN1CCCC1.O=C1Cc2cc([N+](=O)[O-])ccc2N1.O=[N+]([O-])c1ccc2c(c1)CCN2.O=[N+]([O-])c1ccc2c(c1)CCN2CCN1CCCC1.[B]. The highest BCUT2D eigenvalue weighted by atomic mass is 127. The summed E-state index contributed by atoms with van der Waals surface area (Å²) >= 11 is 10.3. The van der Waals surface area contributed by atoms with Crippen molar-refractivity contribution in [1.29, 1.82) is 5.41 Å². The van der Waals surface area contributed by atoms with Gasteiger partial charge < -0.3 is 71.4 Å². The van der Waals surface area contributed by atoms with Crippen LogP contribution in [0.25, 0.3) is 0 Å². The number of rotatable bonds is 17. The second-order valence-corrected chi connectivity index (χ2v) is 31.8. The van der Waals surface area contributed by atoms with Gasteiger partial charge in [0.25, 0.3) is 17.1 Å². The van der Waals surface area contributed by atoms with E-state index < -0.39 is 4.92 Å². The number of nitrogens with two attached hydrogens (primary N) is 2. The number of aliphatic imine (C=N–C) groups is 1. The van der Waals surface area contributed by atoms with Gasteiger partial charge in [0.1, 0.15) is 10.9 Å². The topological polar surface area (TPSA) is 331 Å². The van der Waals surface area contributed by atoms with Gasteiger partial charge in [-0.3, -0.25) is 40.5 Å². The number of nitrogen functional groups attached to an aromatic ring is 1. The fourth-order valence-electron chi connectivity index (χ4n) is 14.8. The summed E-state index contributed by atoms with van der Waals surface area (Å²) in [5, 5.41) is 64.5. The molecule has 0 bridgehead atoms. The summed E-state index contributed by atoms with van der Waals surface area (Å²) in [6.45, 7) is 28.1. The smallest absolute Gasteiger partial charge is 0.269 e. The van der Waals surface area contributed by atoms with Gasteiger partial charge in [-0.25, -0.2) is 4.99 Å². The lowest BCUT2D eigenvalue weighted by Crippen LogP contribution is -2.36. The number of thiophene rings is 2. The number of halogens is 3. The molecule has 3 radical (unpaired) electrons. The van der Waals surface area contributed by atoms with E-state index in [-0.39, 0.29) is 105 Å². The Labute approximate surface area is 741 Å². The Morgan fingerprint density at radius 2 is 0.975 bits per heavy atom. The lowest BCUT2D eigenvalue weighted by molar-refractivity contribution is -0.385. The van der Waals surface area contributed by atoms with E-state index in [0.717, 1.165) is 135 Å². The molecule has 17 rings (SSSR count). The number of benzene rings is 5. The minimum absolute atomic E-state index is 0. The lowest BCUT2D eigenvalue weighted by Gasteiger charge is -2.32. The van der Waals surface area contributed by atoms with Crippen LogP contribution < -0.4 is 36.8 Å². The molecule has 10 aliphatic heterocycles. The van der Waals surface area contributed by atoms with Crippen molar-refractivity contribution in [2.24, 2.45) is 10.7 Å². The summed E-state index contributed by atoms with van der Waals surface area (Å²) in [6.07, 6.45) is 20.9. The van der Waals surface area contributed by atoms with Gasteiger partial charge in [0.05, 0.1) is 36.6 Å². The van der Waals surface area contributed by atoms with Crippen molar-refractivity contribution in [1.82, 2.24) is 19.6 Å². The fraction of sp³-hybridized carbons (Fsp3) is 0.518. The molecule has 0 atom stereocenters. The van der Waals surface area contributed by atoms with Gasteiger partial charge in [-0.15, -0.1) is 82.4 Å². The number of nitro benzene ring substituents is 3. The number of carbonyl (C=O) groups excluding carboxylic acids is 1. The van der Waals surface area contributed by atoms with Crippen molar-refractivity contribution in [2.75, 3.05) is 194 Å². The first-order chi connectivity index (χ1) is 55.4. The van der Waals surface area contributed by atoms with Gasteiger partial charge in [-0.1, -0.05) is 19.6 Å². The number of amidine groups is 1. The first kappa shape index (κ1) is 103. The van der Waals surface area contributed by atoms with Crippen molar-refractivity contribution in [3.05, 3.63) is 194 Å². The van der Waals surface area contributed by atoms with Crippen LogP contribution in [0.15, 0.2) is 131 Å². The predicted octanol–water partition coefficient (Wildman–Crippen LogP) is 15.9. The molecule has 0 saturated carbocycles. The molecular formula is C85H125BCl2IN16O10S3. The number of aliphatic hydroxyl groups excluding tert-OH is 2. The van der Waals surface area contributed by atoms with E-state index in [1.165, 1.54) is 201 Å². The number of nitrogens with zero attached hydrogens (tertiary/aromatic N) is 11. The van der Waals surface area contributed by atoms with Gasteiger partial charge in [-0.05, 0) is 274 Å². The number of alkyl halides is 1. The van der Waals surface area contributed by atoms with Gasteiger partial charge in [-0.2, -0.15) is 0 Å². The molecule has 5 aromatic carbocycles. The summed E-state index contributed by atoms with van der Waals surface area (Å²) in [6, 6.07) is 35.4. The number of non-ortho nitro benzene ring substituents is 3. The van der Waals surface area contributed by atoms with Crippen LogP contribution >= 0.6 is 82.4 Å². The standard InChI is InChI=1S/C20H26N4S.C14H19N3O2.C14H21N3.C8H6N2O3.C8H8N2O2.C6H12ClN.C6H7NS2.C4H8O.2C2H6O.CH4.B.ClH.HI/c21-20(19-6-4-14-25-19)22-17-7-8-18-16(15-17)5-3-11-24(18)13-12-23-9-1-2-10-23;18-17(19)13-3-4-14-12(11-13)5-8-16(14)10-9-15-6-1-2-7-15;15-13-3-4-14-12(11-13)5-8-17(14)10-9-16-6-1-2-7-16;11-8-4-5-3-6(10(12)13)1-2-7(5)9-8;11-10(12)7-1-2-8-6(5-7)3-4-9-8;7-3-6-8-4-1-2-5-8;1-8-6(7)5-3-2-4-9-5;1-2-4-5-3-1;2*1-2-3;;;;/h4,6-8,14-15H,1-3,5,9-13H2,(H2,21,22);3-4,11H,1-2,5-10H2;3-4,11H,1-2,5-10,15H2;1-3H,4H2,(H,9,11);1-2,5,9H,3-4H2;1-6H2;2-4,7H,1H3;1-4H2;2*3H,2H2,1H3;1H4;;2*1H. The maximum absolute atomic E-state index is 10.9. The first-order valence-electron chi connectivity index (χ1n) is 40.3. The highest BCUT2D eigenvalue weighted by molar-refractivity contribution is 14.0. The molecule has 33 heteroatoms. The number of hydrogen-bond donors (Lipinski definition) is 7. The van der Waals surface area contributed by atoms with Crippen molar-refractivity contribution < 1.29 is 34.5 Å². The second kappa shape index (κ2) is 57.1. The minimum atomic E-state index is -0.469. The Kier molecular flexibility index (Phi) is 49.9. The molecule has 26 nitrogen and oxygen atoms in total. The molecular weight excluding hydrogens is 1710 g/mol. The summed E-state index contributed by atoms with van der Waals surface area (Å²) in [5.41, 5.74) is 25.6. The Balaban J connectivity index is 0.000000288. The highest BCUT2D eigenvalue weighted by Crippen LogP contribution is 2.35. The average molecular weight is 1840 g/mol. The van der Waals surface area contributed by atoms with Crippen LogP contribution in [0.2, 0.25) is 0 Å². The Morgan fingerprint density at radius 3 is 1.43 bits per heavy atom. The minimum Gasteiger partial charge on any atom is -0.399 e. The maximum atomic E-state index is 10.9. The van der Waals surface area contributed by atoms with Crippen LogP contribution in [0.5, 0.6) is 0 Å². The zero-order valence-corrected chi connectivity index (χ0v) is 74.5. The van der Waals surface area contributed by atoms with Crippen LogP contribution in [0.1, 0.15) is 129 Å². The van der Waals surface area contributed by atoms with Gasteiger partial charge >= 0.3 is 0 Å². The third-order valence-electron chi connectivity index (χ3n) is 20.6. The number of amides is 1. The number of aliphatic hydroxyl groups is 2. The zero-order chi connectivity index (χ0) is 81.4. The molecule has 0 aliphatic carbocycles. The number of carbonyl (C=O) groups is 1. The third-order valence-corrected chi connectivity index (χ3v) is 23.3. The number of likely N-dealkylation sites (tertiary alicyclic amines) is 4. The van der Waals surface area contributed by atoms with E-state index in [1.807, 2.05) is 53.4 Å². The molecule has 1 amide bonds. The van der Waals surface area contributed by atoms with E-state index in [1.54, 1.807) is 66.9 Å². The zero-order valence-electron chi connectivity index (χ0n) is 68.1. The molecule has 5 saturated heterocycles. The number of thioether (sulfide) groups is 1. The average Bonchev–Trinajstić information content (AvgIpc) is 1.60. The number of hydrogen-bond acceptors (Lipinski definition) is 24.